The van der Waals surface area contributed by atoms with Crippen molar-refractivity contribution in [3.8, 4) is 5.75 Å². The standard InChI is InChI=1S/C17H15F7O.CH3NO/c1-4-10(2)9-14(18)11(3)25-13-7-5-12(6-8-13)15(16(19,20)21)17(22,23)24;2-1-3/h4-9,15H,3H2,1-2H3;1H,(H2,2,3)/b10-4-,14-9+;. The van der Waals surface area contributed by atoms with Crippen LogP contribution in [0.4, 0.5) is 30.7 Å². The molecule has 1 amide bonds. The third kappa shape index (κ3) is 8.28. The zero-order valence-electron chi connectivity index (χ0n) is 14.9. The summed E-state index contributed by atoms with van der Waals surface area (Å²) in [6.07, 6.45) is -7.97. The normalized spacial score (nSPS) is 12.9. The molecule has 0 unspecified atom stereocenters. The maximum Gasteiger partial charge on any atom is 0.404 e. The summed E-state index contributed by atoms with van der Waals surface area (Å²) in [5.41, 5.74) is 3.76. The van der Waals surface area contributed by atoms with Crippen LogP contribution in [0.3, 0.4) is 0 Å². The Hall–Kier alpha value is -2.78. The van der Waals surface area contributed by atoms with Crippen LogP contribution in [-0.2, 0) is 4.79 Å². The van der Waals surface area contributed by atoms with Crippen LogP contribution < -0.4 is 10.5 Å². The fraction of sp³-hybridized carbons (Fsp3) is 0.278. The number of amides is 1. The van der Waals surface area contributed by atoms with Crippen molar-refractivity contribution in [2.45, 2.75) is 32.1 Å². The first kappa shape index (κ1) is 25.2. The lowest BCUT2D eigenvalue weighted by molar-refractivity contribution is -0.253. The Balaban J connectivity index is 0.00000227. The largest absolute Gasteiger partial charge is 0.455 e. The monoisotopic (exact) mass is 413 g/mol. The van der Waals surface area contributed by atoms with Gasteiger partial charge in [-0.2, -0.15) is 26.3 Å². The highest BCUT2D eigenvalue weighted by atomic mass is 19.4. The number of rotatable bonds is 5. The number of hydrogen-bond donors (Lipinski definition) is 1. The summed E-state index contributed by atoms with van der Waals surface area (Å²) in [7, 11) is 0. The van der Waals surface area contributed by atoms with Gasteiger partial charge >= 0.3 is 12.4 Å². The maximum atomic E-state index is 13.7. The number of primary amides is 1. The van der Waals surface area contributed by atoms with E-state index in [0.29, 0.717) is 17.7 Å². The molecule has 156 valence electrons. The first-order valence-corrected chi connectivity index (χ1v) is 7.53. The first-order chi connectivity index (χ1) is 12.8. The molecule has 0 saturated heterocycles. The molecule has 0 atom stereocenters. The quantitative estimate of drug-likeness (QED) is 0.291. The van der Waals surface area contributed by atoms with Gasteiger partial charge in [-0.05, 0) is 37.6 Å². The molecule has 0 saturated carbocycles. The average Bonchev–Trinajstić information content (AvgIpc) is 2.54. The highest BCUT2D eigenvalue weighted by Gasteiger charge is 2.57. The Morgan fingerprint density at radius 1 is 1.11 bits per heavy atom. The third-order valence-corrected chi connectivity index (χ3v) is 3.19. The van der Waals surface area contributed by atoms with E-state index in [4.69, 9.17) is 9.53 Å². The van der Waals surface area contributed by atoms with Crippen LogP contribution in [-0.4, -0.2) is 18.8 Å². The molecular formula is C18H18F7NO2. The molecule has 0 radical (unpaired) electrons. The van der Waals surface area contributed by atoms with Crippen LogP contribution in [0.5, 0.6) is 5.75 Å². The fourth-order valence-electron chi connectivity index (χ4n) is 1.85. The molecule has 28 heavy (non-hydrogen) atoms. The van der Waals surface area contributed by atoms with Gasteiger partial charge in [0.2, 0.25) is 6.41 Å². The van der Waals surface area contributed by atoms with Crippen LogP contribution in [0, 0.1) is 0 Å². The zero-order chi connectivity index (χ0) is 22.1. The minimum atomic E-state index is -5.48. The van der Waals surface area contributed by atoms with Crippen molar-refractivity contribution in [2.24, 2.45) is 5.73 Å². The van der Waals surface area contributed by atoms with E-state index in [-0.39, 0.29) is 12.2 Å². The van der Waals surface area contributed by atoms with E-state index in [9.17, 15) is 30.7 Å². The van der Waals surface area contributed by atoms with Gasteiger partial charge in [-0.3, -0.25) is 4.79 Å². The molecule has 0 fully saturated rings. The van der Waals surface area contributed by atoms with E-state index >= 15 is 0 Å². The molecule has 1 aromatic carbocycles. The van der Waals surface area contributed by atoms with Gasteiger partial charge in [0.25, 0.3) is 0 Å². The fourth-order valence-corrected chi connectivity index (χ4v) is 1.85. The zero-order valence-corrected chi connectivity index (χ0v) is 14.9. The van der Waals surface area contributed by atoms with Gasteiger partial charge in [0.05, 0.1) is 0 Å². The van der Waals surface area contributed by atoms with E-state index in [1.807, 2.05) is 0 Å². The second-order valence-corrected chi connectivity index (χ2v) is 5.27. The number of ether oxygens (including phenoxy) is 1. The highest BCUT2D eigenvalue weighted by molar-refractivity contribution is 5.42. The Labute approximate surface area is 157 Å². The summed E-state index contributed by atoms with van der Waals surface area (Å²) in [4.78, 5) is 8.58. The Kier molecular flexibility index (Phi) is 9.48. The first-order valence-electron chi connectivity index (χ1n) is 7.53. The molecule has 0 aliphatic heterocycles. The predicted molar refractivity (Wildman–Crippen MR) is 89.9 cm³/mol. The van der Waals surface area contributed by atoms with Gasteiger partial charge < -0.3 is 10.5 Å². The predicted octanol–water partition coefficient (Wildman–Crippen LogP) is 5.71. The molecule has 2 N–H and O–H groups in total. The minimum absolute atomic E-state index is 0.140. The van der Waals surface area contributed by atoms with Gasteiger partial charge in [0.15, 0.2) is 17.5 Å². The van der Waals surface area contributed by atoms with E-state index in [1.54, 1.807) is 19.9 Å². The van der Waals surface area contributed by atoms with Crippen molar-refractivity contribution in [1.82, 2.24) is 0 Å². The number of hydrogen-bond acceptors (Lipinski definition) is 2. The van der Waals surface area contributed by atoms with Crippen molar-refractivity contribution in [3.05, 3.63) is 65.7 Å². The molecule has 0 heterocycles. The van der Waals surface area contributed by atoms with Gasteiger partial charge in [-0.15, -0.1) is 0 Å². The number of carbonyl (C=O) groups excluding carboxylic acids is 1. The summed E-state index contributed by atoms with van der Waals surface area (Å²) in [5.74, 6) is -4.98. The summed E-state index contributed by atoms with van der Waals surface area (Å²) < 4.78 is 94.6. The van der Waals surface area contributed by atoms with Gasteiger partial charge in [0.1, 0.15) is 5.75 Å². The smallest absolute Gasteiger partial charge is 0.404 e. The Morgan fingerprint density at radius 2 is 1.54 bits per heavy atom. The molecule has 3 nitrogen and oxygen atoms in total. The van der Waals surface area contributed by atoms with Crippen molar-refractivity contribution in [1.29, 1.82) is 0 Å². The molecule has 10 heteroatoms. The van der Waals surface area contributed by atoms with Crippen LogP contribution in [0.1, 0.15) is 25.3 Å². The van der Waals surface area contributed by atoms with E-state index in [0.717, 1.165) is 18.2 Å². The molecule has 0 aromatic heterocycles. The van der Waals surface area contributed by atoms with Crippen molar-refractivity contribution < 1.29 is 40.3 Å². The highest BCUT2D eigenvalue weighted by Crippen LogP contribution is 2.46. The van der Waals surface area contributed by atoms with Crippen molar-refractivity contribution >= 4 is 6.41 Å². The van der Waals surface area contributed by atoms with Gasteiger partial charge in [-0.25, -0.2) is 4.39 Å². The topological polar surface area (TPSA) is 52.3 Å². The molecular weight excluding hydrogens is 395 g/mol. The summed E-state index contributed by atoms with van der Waals surface area (Å²) in [5, 5.41) is 0. The Morgan fingerprint density at radius 3 is 1.89 bits per heavy atom. The lowest BCUT2D eigenvalue weighted by atomic mass is 9.98. The van der Waals surface area contributed by atoms with Crippen molar-refractivity contribution in [3.63, 3.8) is 0 Å². The van der Waals surface area contributed by atoms with E-state index in [1.165, 1.54) is 0 Å². The molecule has 1 rings (SSSR count). The number of alkyl halides is 6. The molecule has 0 spiro atoms. The van der Waals surface area contributed by atoms with Crippen LogP contribution >= 0.6 is 0 Å². The third-order valence-electron chi connectivity index (χ3n) is 3.19. The summed E-state index contributed by atoms with van der Waals surface area (Å²) in [6.45, 7) is 6.62. The number of nitrogens with two attached hydrogens (primary N) is 1. The number of halogens is 7. The summed E-state index contributed by atoms with van der Waals surface area (Å²) in [6, 6.07) is 3.04. The van der Waals surface area contributed by atoms with E-state index in [2.05, 4.69) is 12.3 Å². The Bertz CT molecular complexity index is 703. The second kappa shape index (κ2) is 10.5. The van der Waals surface area contributed by atoms with Crippen LogP contribution in [0.2, 0.25) is 0 Å². The van der Waals surface area contributed by atoms with Gasteiger partial charge in [-0.1, -0.05) is 30.4 Å². The molecule has 0 aliphatic carbocycles. The number of allylic oxidation sites excluding steroid dienone is 4. The lowest BCUT2D eigenvalue weighted by Crippen LogP contribution is -2.34. The maximum absolute atomic E-state index is 13.7. The number of benzene rings is 1. The lowest BCUT2D eigenvalue weighted by Gasteiger charge is -2.23. The molecule has 0 bridgehead atoms. The van der Waals surface area contributed by atoms with Crippen LogP contribution in [0.15, 0.2) is 60.2 Å². The summed E-state index contributed by atoms with van der Waals surface area (Å²) >= 11 is 0. The SMILES string of the molecule is C=C(Oc1ccc(C(C(F)(F)F)C(F)(F)F)cc1)/C(F)=C\C(C)=C/C.NC=O. The molecule has 1 aromatic rings. The van der Waals surface area contributed by atoms with Gasteiger partial charge in [0, 0.05) is 0 Å². The average molecular weight is 413 g/mol. The van der Waals surface area contributed by atoms with Crippen molar-refractivity contribution in [2.75, 3.05) is 0 Å². The van der Waals surface area contributed by atoms with Crippen LogP contribution in [0.25, 0.3) is 0 Å². The number of carbonyl (C=O) groups is 1. The minimum Gasteiger partial charge on any atom is -0.455 e. The second-order valence-electron chi connectivity index (χ2n) is 5.27. The molecule has 0 aliphatic rings. The van der Waals surface area contributed by atoms with E-state index < -0.39 is 35.4 Å².